The molecular weight excluding hydrogens is 622 g/mol. The molecule has 0 unspecified atom stereocenters. The van der Waals surface area contributed by atoms with Gasteiger partial charge in [0.1, 0.15) is 11.5 Å². The number of ketones is 1. The molecule has 2 N–H and O–H groups in total. The van der Waals surface area contributed by atoms with E-state index in [4.69, 9.17) is 0 Å². The molecule has 146 valence electrons. The first kappa shape index (κ1) is 21.8. The standard InChI is InChI=1S/C20H15Br4NO3/c1-25-8-12(2-10-4-14(21)6-16(23)19(10)27)18(26)13(9-25)3-11-5-15(22)7-17(24)20(11)28/h2-7,27-28H,8-9H2,1H3. The van der Waals surface area contributed by atoms with Crippen LogP contribution in [0.4, 0.5) is 0 Å². The Morgan fingerprint density at radius 3 is 1.61 bits per heavy atom. The second-order valence-corrected chi connectivity index (χ2v) is 10.0. The maximum Gasteiger partial charge on any atom is 0.187 e. The van der Waals surface area contributed by atoms with Gasteiger partial charge < -0.3 is 10.2 Å². The highest BCUT2D eigenvalue weighted by molar-refractivity contribution is 9.11. The number of carbonyl (C=O) groups is 1. The molecule has 1 saturated heterocycles. The average molecular weight is 637 g/mol. The van der Waals surface area contributed by atoms with E-state index in [1.165, 1.54) is 0 Å². The zero-order valence-electron chi connectivity index (χ0n) is 14.6. The topological polar surface area (TPSA) is 60.8 Å². The minimum absolute atomic E-state index is 0.0795. The molecular formula is C20H15Br4NO3. The Balaban J connectivity index is 2.05. The Kier molecular flexibility index (Phi) is 6.87. The molecule has 0 amide bonds. The number of likely N-dealkylation sites (tertiary alicyclic amines) is 1. The van der Waals surface area contributed by atoms with Gasteiger partial charge in [0.15, 0.2) is 5.78 Å². The van der Waals surface area contributed by atoms with E-state index in [0.29, 0.717) is 44.3 Å². The van der Waals surface area contributed by atoms with E-state index in [-0.39, 0.29) is 17.3 Å². The summed E-state index contributed by atoms with van der Waals surface area (Å²) in [5, 5.41) is 20.6. The molecule has 4 nitrogen and oxygen atoms in total. The van der Waals surface area contributed by atoms with Crippen molar-refractivity contribution in [2.24, 2.45) is 0 Å². The van der Waals surface area contributed by atoms with Gasteiger partial charge in [-0.1, -0.05) is 31.9 Å². The second-order valence-electron chi connectivity index (χ2n) is 6.49. The van der Waals surface area contributed by atoms with Crippen LogP contribution in [0.15, 0.2) is 53.3 Å². The monoisotopic (exact) mass is 633 g/mol. The summed E-state index contributed by atoms with van der Waals surface area (Å²) in [5.41, 5.74) is 2.22. The summed E-state index contributed by atoms with van der Waals surface area (Å²) in [6.07, 6.45) is 3.40. The van der Waals surface area contributed by atoms with Crippen LogP contribution in [0.1, 0.15) is 11.1 Å². The van der Waals surface area contributed by atoms with Gasteiger partial charge in [0.25, 0.3) is 0 Å². The predicted octanol–water partition coefficient (Wildman–Crippen LogP) is 6.13. The number of hydrogen-bond donors (Lipinski definition) is 2. The molecule has 2 aromatic carbocycles. The van der Waals surface area contributed by atoms with Crippen molar-refractivity contribution < 1.29 is 15.0 Å². The number of likely N-dealkylation sites (N-methyl/N-ethyl adjacent to an activating group) is 1. The van der Waals surface area contributed by atoms with E-state index >= 15 is 0 Å². The summed E-state index contributed by atoms with van der Waals surface area (Å²) in [6.45, 7) is 0.932. The van der Waals surface area contributed by atoms with Crippen molar-refractivity contribution in [1.29, 1.82) is 0 Å². The Morgan fingerprint density at radius 2 is 1.21 bits per heavy atom. The smallest absolute Gasteiger partial charge is 0.187 e. The van der Waals surface area contributed by atoms with Crippen LogP contribution < -0.4 is 0 Å². The SMILES string of the molecule is CN1CC(=Cc2cc(Br)cc(Br)c2O)C(=O)C(=Cc2cc(Br)cc(Br)c2O)C1. The third-order valence-corrected chi connectivity index (χ3v) is 6.36. The van der Waals surface area contributed by atoms with Crippen LogP contribution >= 0.6 is 63.7 Å². The quantitative estimate of drug-likeness (QED) is 0.390. The molecule has 0 spiro atoms. The van der Waals surface area contributed by atoms with E-state index < -0.39 is 0 Å². The van der Waals surface area contributed by atoms with Gasteiger partial charge in [0.2, 0.25) is 0 Å². The van der Waals surface area contributed by atoms with Gasteiger partial charge in [0.05, 0.1) is 8.95 Å². The molecule has 3 rings (SSSR count). The highest BCUT2D eigenvalue weighted by atomic mass is 79.9. The van der Waals surface area contributed by atoms with E-state index in [0.717, 1.165) is 8.95 Å². The lowest BCUT2D eigenvalue weighted by molar-refractivity contribution is -0.113. The number of benzene rings is 2. The van der Waals surface area contributed by atoms with Crippen molar-refractivity contribution in [2.75, 3.05) is 20.1 Å². The Hall–Kier alpha value is -0.930. The number of carbonyl (C=O) groups excluding carboxylic acids is 1. The van der Waals surface area contributed by atoms with Crippen molar-refractivity contribution in [3.05, 3.63) is 64.4 Å². The molecule has 0 aliphatic carbocycles. The lowest BCUT2D eigenvalue weighted by Crippen LogP contribution is -2.34. The Labute approximate surface area is 196 Å². The molecule has 1 fully saturated rings. The first-order valence-electron chi connectivity index (χ1n) is 8.16. The molecule has 28 heavy (non-hydrogen) atoms. The Morgan fingerprint density at radius 1 is 0.821 bits per heavy atom. The molecule has 1 aliphatic heterocycles. The van der Waals surface area contributed by atoms with Gasteiger partial charge in [-0.05, 0) is 75.3 Å². The van der Waals surface area contributed by atoms with Crippen LogP contribution in [0.5, 0.6) is 11.5 Å². The van der Waals surface area contributed by atoms with Gasteiger partial charge in [-0.15, -0.1) is 0 Å². The van der Waals surface area contributed by atoms with Crippen molar-refractivity contribution in [3.63, 3.8) is 0 Å². The number of halogens is 4. The number of hydrogen-bond acceptors (Lipinski definition) is 4. The molecule has 0 aromatic heterocycles. The largest absolute Gasteiger partial charge is 0.506 e. The van der Waals surface area contributed by atoms with Crippen LogP contribution in [0.25, 0.3) is 12.2 Å². The lowest BCUT2D eigenvalue weighted by atomic mass is 9.94. The first-order chi connectivity index (χ1) is 13.2. The summed E-state index contributed by atoms with van der Waals surface area (Å²) in [6, 6.07) is 7.00. The summed E-state index contributed by atoms with van der Waals surface area (Å²) in [4.78, 5) is 15.1. The number of piperidine rings is 1. The fourth-order valence-electron chi connectivity index (χ4n) is 2.98. The maximum absolute atomic E-state index is 13.1. The van der Waals surface area contributed by atoms with Gasteiger partial charge in [-0.25, -0.2) is 0 Å². The lowest BCUT2D eigenvalue weighted by Gasteiger charge is -2.26. The fraction of sp³-hybridized carbons (Fsp3) is 0.150. The van der Waals surface area contributed by atoms with E-state index in [2.05, 4.69) is 63.7 Å². The third kappa shape index (κ3) is 4.79. The molecule has 8 heteroatoms. The number of Topliss-reactive ketones (excluding diaryl/α,β-unsaturated/α-hetero) is 1. The van der Waals surface area contributed by atoms with Gasteiger partial charge >= 0.3 is 0 Å². The predicted molar refractivity (Wildman–Crippen MR) is 125 cm³/mol. The van der Waals surface area contributed by atoms with Gasteiger partial charge in [-0.2, -0.15) is 0 Å². The van der Waals surface area contributed by atoms with E-state index in [1.54, 1.807) is 36.4 Å². The molecule has 1 heterocycles. The molecule has 0 saturated carbocycles. The van der Waals surface area contributed by atoms with E-state index in [9.17, 15) is 15.0 Å². The maximum atomic E-state index is 13.1. The number of nitrogens with zero attached hydrogens (tertiary/aromatic N) is 1. The summed E-state index contributed by atoms with van der Waals surface area (Å²) >= 11 is 13.4. The highest BCUT2D eigenvalue weighted by Crippen LogP contribution is 2.35. The zero-order valence-corrected chi connectivity index (χ0v) is 21.0. The zero-order chi connectivity index (χ0) is 20.6. The normalized spacial score (nSPS) is 18.2. The van der Waals surface area contributed by atoms with Crippen LogP contribution in [0.2, 0.25) is 0 Å². The number of aromatic hydroxyl groups is 2. The summed E-state index contributed by atoms with van der Waals surface area (Å²) in [5.74, 6) is 0.0516. The summed E-state index contributed by atoms with van der Waals surface area (Å²) in [7, 11) is 1.92. The van der Waals surface area contributed by atoms with Gasteiger partial charge in [-0.3, -0.25) is 9.69 Å². The summed E-state index contributed by atoms with van der Waals surface area (Å²) < 4.78 is 2.68. The van der Waals surface area contributed by atoms with E-state index in [1.807, 2.05) is 11.9 Å². The fourth-order valence-corrected chi connectivity index (χ4v) is 5.49. The van der Waals surface area contributed by atoms with Crippen molar-refractivity contribution in [1.82, 2.24) is 4.90 Å². The highest BCUT2D eigenvalue weighted by Gasteiger charge is 2.25. The molecule has 1 aliphatic rings. The number of phenols is 2. The van der Waals surface area contributed by atoms with Crippen LogP contribution in [0, 0.1) is 0 Å². The van der Waals surface area contributed by atoms with Crippen LogP contribution in [0.3, 0.4) is 0 Å². The molecule has 0 atom stereocenters. The molecule has 0 radical (unpaired) electrons. The van der Waals surface area contributed by atoms with Crippen LogP contribution in [-0.2, 0) is 4.79 Å². The number of phenolic OH excluding ortho intramolecular Hbond substituents is 2. The van der Waals surface area contributed by atoms with Crippen molar-refractivity contribution >= 4 is 81.7 Å². The minimum atomic E-state index is -0.107. The van der Waals surface area contributed by atoms with Crippen molar-refractivity contribution in [2.45, 2.75) is 0 Å². The second kappa shape index (κ2) is 8.83. The molecule has 2 aromatic rings. The Bertz CT molecular complexity index is 951. The van der Waals surface area contributed by atoms with Crippen molar-refractivity contribution in [3.8, 4) is 11.5 Å². The number of rotatable bonds is 2. The molecule has 0 bridgehead atoms. The average Bonchev–Trinajstić information content (AvgIpc) is 2.60. The third-order valence-electron chi connectivity index (χ3n) is 4.24. The first-order valence-corrected chi connectivity index (χ1v) is 11.3. The van der Waals surface area contributed by atoms with Crippen LogP contribution in [-0.4, -0.2) is 41.0 Å². The van der Waals surface area contributed by atoms with Gasteiger partial charge in [0, 0.05) is 44.3 Å². The minimum Gasteiger partial charge on any atom is -0.506 e.